The second kappa shape index (κ2) is 9.69. The van der Waals surface area contributed by atoms with Gasteiger partial charge in [-0.25, -0.2) is 4.79 Å². The lowest BCUT2D eigenvalue weighted by atomic mass is 9.94. The van der Waals surface area contributed by atoms with E-state index in [4.69, 9.17) is 14.2 Å². The number of ether oxygens (including phenoxy) is 3. The first-order valence-corrected chi connectivity index (χ1v) is 11.1. The summed E-state index contributed by atoms with van der Waals surface area (Å²) in [6.45, 7) is 2.65. The third-order valence-corrected chi connectivity index (χ3v) is 6.10. The van der Waals surface area contributed by atoms with E-state index in [1.54, 1.807) is 49.6 Å². The van der Waals surface area contributed by atoms with Crippen molar-refractivity contribution in [2.45, 2.75) is 31.9 Å². The standard InChI is InChI=1S/C26H27NO7/c1-15-13-19-14-18(9-10-20(19)34-15)23(28)21-22(16-5-7-17(8-6-16)26(31)33-3)27(11-4-12-32-2)25(30)24(21)29/h5-10,14-15,22,28H,4,11-13H2,1-3H3/b23-21+/t15-,22-/m1/s1. The molecule has 2 atom stereocenters. The van der Waals surface area contributed by atoms with Gasteiger partial charge in [0.25, 0.3) is 11.7 Å². The molecular formula is C26H27NO7. The van der Waals surface area contributed by atoms with Crippen molar-refractivity contribution in [3.05, 3.63) is 70.3 Å². The largest absolute Gasteiger partial charge is 0.507 e. The second-order valence-electron chi connectivity index (χ2n) is 8.41. The maximum absolute atomic E-state index is 13.1. The number of fused-ring (bicyclic) bond motifs is 1. The Morgan fingerprint density at radius 3 is 2.50 bits per heavy atom. The molecule has 0 aromatic heterocycles. The van der Waals surface area contributed by atoms with E-state index in [-0.39, 0.29) is 24.0 Å². The maximum Gasteiger partial charge on any atom is 0.337 e. The molecule has 2 heterocycles. The lowest BCUT2D eigenvalue weighted by molar-refractivity contribution is -0.140. The Labute approximate surface area is 197 Å². The molecule has 1 saturated heterocycles. The van der Waals surface area contributed by atoms with Gasteiger partial charge in [0.1, 0.15) is 17.6 Å². The summed E-state index contributed by atoms with van der Waals surface area (Å²) < 4.78 is 15.6. The number of esters is 1. The molecule has 1 amide bonds. The van der Waals surface area contributed by atoms with E-state index in [1.165, 1.54) is 12.0 Å². The number of likely N-dealkylation sites (tertiary alicyclic amines) is 1. The molecule has 1 fully saturated rings. The van der Waals surface area contributed by atoms with Crippen molar-refractivity contribution < 1.29 is 33.7 Å². The predicted octanol–water partition coefficient (Wildman–Crippen LogP) is 3.25. The summed E-state index contributed by atoms with van der Waals surface area (Å²) in [4.78, 5) is 39.4. The lowest BCUT2D eigenvalue weighted by Crippen LogP contribution is -2.31. The molecule has 0 unspecified atom stereocenters. The zero-order chi connectivity index (χ0) is 24.4. The van der Waals surface area contributed by atoms with Crippen molar-refractivity contribution in [3.63, 3.8) is 0 Å². The minimum Gasteiger partial charge on any atom is -0.507 e. The number of carbonyl (C=O) groups excluding carboxylic acids is 3. The van der Waals surface area contributed by atoms with Gasteiger partial charge in [-0.15, -0.1) is 0 Å². The quantitative estimate of drug-likeness (QED) is 0.220. The maximum atomic E-state index is 13.1. The van der Waals surface area contributed by atoms with Gasteiger partial charge in [-0.1, -0.05) is 12.1 Å². The Kier molecular flexibility index (Phi) is 6.70. The first-order valence-electron chi connectivity index (χ1n) is 11.1. The monoisotopic (exact) mass is 465 g/mol. The lowest BCUT2D eigenvalue weighted by Gasteiger charge is -2.25. The van der Waals surface area contributed by atoms with Crippen LogP contribution < -0.4 is 4.74 Å². The molecule has 1 N–H and O–H groups in total. The van der Waals surface area contributed by atoms with Gasteiger partial charge in [-0.05, 0) is 54.8 Å². The van der Waals surface area contributed by atoms with E-state index < -0.39 is 23.7 Å². The molecule has 0 aliphatic carbocycles. The van der Waals surface area contributed by atoms with Crippen molar-refractivity contribution in [1.82, 2.24) is 4.90 Å². The molecule has 34 heavy (non-hydrogen) atoms. The van der Waals surface area contributed by atoms with Crippen LogP contribution in [0.4, 0.5) is 0 Å². The molecule has 8 nitrogen and oxygen atoms in total. The number of methoxy groups -OCH3 is 2. The number of carbonyl (C=O) groups is 3. The summed E-state index contributed by atoms with van der Waals surface area (Å²) in [5.41, 5.74) is 2.34. The van der Waals surface area contributed by atoms with Gasteiger partial charge < -0.3 is 24.2 Å². The van der Waals surface area contributed by atoms with E-state index in [0.717, 1.165) is 11.3 Å². The van der Waals surface area contributed by atoms with Gasteiger partial charge in [0, 0.05) is 32.2 Å². The SMILES string of the molecule is COCCCN1C(=O)C(=O)/C(=C(/O)c2ccc3c(c2)C[C@@H](C)O3)[C@H]1c1ccc(C(=O)OC)cc1. The number of amides is 1. The Morgan fingerprint density at radius 1 is 1.12 bits per heavy atom. The fourth-order valence-corrected chi connectivity index (χ4v) is 4.48. The van der Waals surface area contributed by atoms with Gasteiger partial charge in [0.15, 0.2) is 0 Å². The number of aliphatic hydroxyl groups excluding tert-OH is 1. The van der Waals surface area contributed by atoms with Crippen LogP contribution in [0.1, 0.15) is 46.4 Å². The number of aliphatic hydroxyl groups is 1. The molecule has 0 spiro atoms. The molecule has 2 aliphatic heterocycles. The van der Waals surface area contributed by atoms with E-state index in [1.807, 2.05) is 6.92 Å². The topological polar surface area (TPSA) is 102 Å². The highest BCUT2D eigenvalue weighted by atomic mass is 16.5. The third kappa shape index (κ3) is 4.28. The van der Waals surface area contributed by atoms with Crippen LogP contribution in [0.5, 0.6) is 5.75 Å². The Morgan fingerprint density at radius 2 is 1.82 bits per heavy atom. The average molecular weight is 466 g/mol. The fourth-order valence-electron chi connectivity index (χ4n) is 4.48. The molecule has 2 aromatic carbocycles. The number of Topliss-reactive ketones (excluding diaryl/α,β-unsaturated/α-hetero) is 1. The van der Waals surface area contributed by atoms with Crippen LogP contribution in [-0.2, 0) is 25.5 Å². The number of hydrogen-bond donors (Lipinski definition) is 1. The fraction of sp³-hybridized carbons (Fsp3) is 0.346. The van der Waals surface area contributed by atoms with Gasteiger partial charge in [-0.3, -0.25) is 9.59 Å². The summed E-state index contributed by atoms with van der Waals surface area (Å²) in [7, 11) is 2.86. The minimum absolute atomic E-state index is 0.0140. The van der Waals surface area contributed by atoms with Gasteiger partial charge in [0.05, 0.1) is 24.3 Å². The molecule has 0 bridgehead atoms. The summed E-state index contributed by atoms with van der Waals surface area (Å²) in [5, 5.41) is 11.2. The van der Waals surface area contributed by atoms with Crippen molar-refractivity contribution in [2.24, 2.45) is 0 Å². The summed E-state index contributed by atoms with van der Waals surface area (Å²) in [6.07, 6.45) is 1.25. The number of hydrogen-bond acceptors (Lipinski definition) is 7. The van der Waals surface area contributed by atoms with Crippen molar-refractivity contribution >= 4 is 23.4 Å². The highest BCUT2D eigenvalue weighted by Gasteiger charge is 2.45. The minimum atomic E-state index is -0.799. The Hall–Kier alpha value is -3.65. The van der Waals surface area contributed by atoms with Gasteiger partial charge >= 0.3 is 5.97 Å². The molecule has 0 radical (unpaired) electrons. The molecule has 2 aliphatic rings. The van der Waals surface area contributed by atoms with Crippen molar-refractivity contribution in [3.8, 4) is 5.75 Å². The third-order valence-electron chi connectivity index (χ3n) is 6.10. The summed E-state index contributed by atoms with van der Waals surface area (Å²) in [5.74, 6) is -1.41. The van der Waals surface area contributed by atoms with Gasteiger partial charge in [0.2, 0.25) is 0 Å². The number of benzene rings is 2. The molecule has 178 valence electrons. The number of nitrogens with zero attached hydrogens (tertiary/aromatic N) is 1. The second-order valence-corrected chi connectivity index (χ2v) is 8.41. The predicted molar refractivity (Wildman–Crippen MR) is 124 cm³/mol. The van der Waals surface area contributed by atoms with E-state index in [2.05, 4.69) is 0 Å². The van der Waals surface area contributed by atoms with Crippen molar-refractivity contribution in [2.75, 3.05) is 27.4 Å². The molecular weight excluding hydrogens is 438 g/mol. The zero-order valence-electron chi connectivity index (χ0n) is 19.4. The Balaban J connectivity index is 1.78. The van der Waals surface area contributed by atoms with Crippen molar-refractivity contribution in [1.29, 1.82) is 0 Å². The van der Waals surface area contributed by atoms with Crippen LogP contribution in [0.15, 0.2) is 48.0 Å². The van der Waals surface area contributed by atoms with Crippen LogP contribution in [0.25, 0.3) is 5.76 Å². The summed E-state index contributed by atoms with van der Waals surface area (Å²) in [6, 6.07) is 10.9. The Bertz CT molecular complexity index is 1150. The zero-order valence-corrected chi connectivity index (χ0v) is 19.4. The average Bonchev–Trinajstić information content (AvgIpc) is 3.34. The smallest absolute Gasteiger partial charge is 0.337 e. The van der Waals surface area contributed by atoms with E-state index >= 15 is 0 Å². The van der Waals surface area contributed by atoms with Crippen LogP contribution in [0.2, 0.25) is 0 Å². The summed E-state index contributed by atoms with van der Waals surface area (Å²) >= 11 is 0. The normalized spacial score (nSPS) is 20.9. The molecule has 8 heteroatoms. The van der Waals surface area contributed by atoms with Gasteiger partial charge in [-0.2, -0.15) is 0 Å². The van der Waals surface area contributed by atoms with Crippen LogP contribution >= 0.6 is 0 Å². The van der Waals surface area contributed by atoms with E-state index in [0.29, 0.717) is 36.1 Å². The van der Waals surface area contributed by atoms with Crippen LogP contribution in [0, 0.1) is 0 Å². The highest BCUT2D eigenvalue weighted by Crippen LogP contribution is 2.40. The van der Waals surface area contributed by atoms with Crippen LogP contribution in [0.3, 0.4) is 0 Å². The van der Waals surface area contributed by atoms with E-state index in [9.17, 15) is 19.5 Å². The molecule has 4 rings (SSSR count). The number of ketones is 1. The molecule has 0 saturated carbocycles. The number of rotatable bonds is 7. The first kappa shape index (κ1) is 23.5. The first-order chi connectivity index (χ1) is 16.3. The van der Waals surface area contributed by atoms with Crippen LogP contribution in [-0.4, -0.2) is 61.1 Å². The molecule has 2 aromatic rings. The highest BCUT2D eigenvalue weighted by molar-refractivity contribution is 6.46.